The van der Waals surface area contributed by atoms with Gasteiger partial charge in [0.05, 0.1) is 11.6 Å². The Balaban J connectivity index is 2.23. The van der Waals surface area contributed by atoms with Gasteiger partial charge in [-0.15, -0.1) is 0 Å². The Hall–Kier alpha value is -2.48. The zero-order valence-corrected chi connectivity index (χ0v) is 19.0. The van der Waals surface area contributed by atoms with Gasteiger partial charge in [-0.25, -0.2) is 0 Å². The lowest BCUT2D eigenvalue weighted by molar-refractivity contribution is -0.118. The normalized spacial score (nSPS) is 17.2. The van der Waals surface area contributed by atoms with Gasteiger partial charge in [-0.05, 0) is 40.0 Å². The van der Waals surface area contributed by atoms with Crippen LogP contribution in [0.15, 0.2) is 45.8 Å². The lowest BCUT2D eigenvalue weighted by Gasteiger charge is -2.16. The molecule has 1 atom stereocenters. The molecular weight excluding hydrogens is 426 g/mol. The number of aromatic nitrogens is 2. The number of halogens is 3. The van der Waals surface area contributed by atoms with Crippen molar-refractivity contribution in [2.45, 2.75) is 65.9 Å². The third-order valence-corrected chi connectivity index (χ3v) is 5.12. The average molecular weight is 455 g/mol. The molecule has 9 heteroatoms. The van der Waals surface area contributed by atoms with E-state index in [2.05, 4.69) is 25.2 Å². The van der Waals surface area contributed by atoms with Gasteiger partial charge < -0.3 is 10.1 Å². The van der Waals surface area contributed by atoms with E-state index < -0.39 is 12.5 Å². The first kappa shape index (κ1) is 24.8. The highest BCUT2D eigenvalue weighted by Crippen LogP contribution is 2.39. The van der Waals surface area contributed by atoms with Crippen molar-refractivity contribution in [3.63, 3.8) is 0 Å². The van der Waals surface area contributed by atoms with E-state index in [9.17, 15) is 13.6 Å². The fourth-order valence-corrected chi connectivity index (χ4v) is 3.00. The number of allylic oxidation sites excluding steroid dienone is 5. The number of carbonyl (C=O) groups excluding carboxylic acids is 1. The van der Waals surface area contributed by atoms with Crippen molar-refractivity contribution < 1.29 is 18.3 Å². The zero-order valence-electron chi connectivity index (χ0n) is 18.2. The fourth-order valence-electron chi connectivity index (χ4n) is 2.90. The quantitative estimate of drug-likeness (QED) is 0.235. The second-order valence-corrected chi connectivity index (χ2v) is 7.71. The number of ether oxygens (including phenoxy) is 1. The van der Waals surface area contributed by atoms with Gasteiger partial charge in [-0.1, -0.05) is 37.1 Å². The highest BCUT2D eigenvalue weighted by atomic mass is 35.5. The number of anilines is 1. The van der Waals surface area contributed by atoms with Crippen molar-refractivity contribution in [1.82, 2.24) is 10.2 Å². The molecule has 2 N–H and O–H groups in total. The minimum absolute atomic E-state index is 0.117. The highest BCUT2D eigenvalue weighted by Gasteiger charge is 2.26. The van der Waals surface area contributed by atoms with Crippen LogP contribution in [0.4, 0.5) is 14.6 Å². The average Bonchev–Trinajstić information content (AvgIpc) is 3.48. The molecule has 1 unspecified atom stereocenters. The Morgan fingerprint density at radius 3 is 2.68 bits per heavy atom. The molecule has 0 aromatic carbocycles. The fraction of sp³-hybridized carbons (Fsp3) is 0.500. The van der Waals surface area contributed by atoms with Crippen LogP contribution in [0.3, 0.4) is 0 Å². The number of rotatable bonds is 11. The molecule has 1 fully saturated rings. The van der Waals surface area contributed by atoms with Gasteiger partial charge in [0.15, 0.2) is 5.82 Å². The Morgan fingerprint density at radius 1 is 1.42 bits per heavy atom. The second kappa shape index (κ2) is 11.8. The van der Waals surface area contributed by atoms with E-state index in [-0.39, 0.29) is 16.7 Å². The van der Waals surface area contributed by atoms with Crippen LogP contribution in [-0.2, 0) is 9.53 Å². The number of H-pyrrole nitrogens is 1. The van der Waals surface area contributed by atoms with Crippen molar-refractivity contribution in [3.05, 3.63) is 46.5 Å². The summed E-state index contributed by atoms with van der Waals surface area (Å²) in [5.41, 5.74) is 1.74. The number of hydrogen-bond acceptors (Lipinski definition) is 4. The Morgan fingerprint density at radius 2 is 2.13 bits per heavy atom. The molecule has 1 amide bonds. The SMILES string of the molecule is C\C=C(/N=C(CCC)\C(=C/C(Cl)=C\C)OC(F)F)C(C)C(=O)Nc1cc(C2CC2)[nH]n1. The first-order valence-corrected chi connectivity index (χ1v) is 10.7. The third-order valence-electron chi connectivity index (χ3n) is 4.79. The Kier molecular flexibility index (Phi) is 9.43. The predicted octanol–water partition coefficient (Wildman–Crippen LogP) is 6.27. The van der Waals surface area contributed by atoms with Crippen molar-refractivity contribution in [3.8, 4) is 0 Å². The lowest BCUT2D eigenvalue weighted by Crippen LogP contribution is -2.22. The first-order valence-electron chi connectivity index (χ1n) is 10.4. The topological polar surface area (TPSA) is 79.4 Å². The van der Waals surface area contributed by atoms with E-state index in [1.165, 1.54) is 6.08 Å². The van der Waals surface area contributed by atoms with E-state index >= 15 is 0 Å². The van der Waals surface area contributed by atoms with E-state index in [0.717, 1.165) is 18.5 Å². The maximum atomic E-state index is 13.0. The number of carbonyl (C=O) groups is 1. The molecule has 1 aromatic heterocycles. The van der Waals surface area contributed by atoms with Gasteiger partial charge in [-0.2, -0.15) is 13.9 Å². The summed E-state index contributed by atoms with van der Waals surface area (Å²) < 4.78 is 30.6. The summed E-state index contributed by atoms with van der Waals surface area (Å²) in [7, 11) is 0. The number of aromatic amines is 1. The molecule has 0 aliphatic heterocycles. The van der Waals surface area contributed by atoms with E-state index in [1.807, 2.05) is 13.0 Å². The van der Waals surface area contributed by atoms with Crippen LogP contribution in [0.1, 0.15) is 65.0 Å². The maximum Gasteiger partial charge on any atom is 0.387 e. The summed E-state index contributed by atoms with van der Waals surface area (Å²) in [5, 5.41) is 10.1. The van der Waals surface area contributed by atoms with Crippen molar-refractivity contribution in [2.24, 2.45) is 10.9 Å². The molecule has 1 saturated carbocycles. The molecule has 0 bridgehead atoms. The summed E-state index contributed by atoms with van der Waals surface area (Å²) in [5.74, 6) is -0.107. The van der Waals surface area contributed by atoms with Crippen LogP contribution in [-0.4, -0.2) is 28.4 Å². The molecule has 1 aliphatic carbocycles. The predicted molar refractivity (Wildman–Crippen MR) is 119 cm³/mol. The minimum Gasteiger partial charge on any atom is -0.433 e. The van der Waals surface area contributed by atoms with Crippen LogP contribution in [0.2, 0.25) is 0 Å². The summed E-state index contributed by atoms with van der Waals surface area (Å²) in [6.07, 6.45) is 7.81. The summed E-state index contributed by atoms with van der Waals surface area (Å²) in [6.45, 7) is 3.99. The van der Waals surface area contributed by atoms with Gasteiger partial charge in [0.25, 0.3) is 0 Å². The van der Waals surface area contributed by atoms with Crippen LogP contribution >= 0.6 is 11.6 Å². The molecule has 0 radical (unpaired) electrons. The van der Waals surface area contributed by atoms with Crippen molar-refractivity contribution >= 4 is 29.0 Å². The molecule has 1 heterocycles. The number of aliphatic imine (C=N–C) groups is 1. The first-order chi connectivity index (χ1) is 14.8. The second-order valence-electron chi connectivity index (χ2n) is 7.28. The van der Waals surface area contributed by atoms with Crippen molar-refractivity contribution in [2.75, 3.05) is 5.32 Å². The lowest BCUT2D eigenvalue weighted by atomic mass is 10.1. The van der Waals surface area contributed by atoms with E-state index in [1.54, 1.807) is 32.9 Å². The molecule has 0 saturated heterocycles. The van der Waals surface area contributed by atoms with Gasteiger partial charge in [0.1, 0.15) is 5.76 Å². The summed E-state index contributed by atoms with van der Waals surface area (Å²) in [4.78, 5) is 17.3. The number of nitrogens with one attached hydrogen (secondary N) is 2. The molecule has 31 heavy (non-hydrogen) atoms. The van der Waals surface area contributed by atoms with E-state index in [4.69, 9.17) is 11.6 Å². The van der Waals surface area contributed by atoms with Crippen LogP contribution in [0.25, 0.3) is 0 Å². The highest BCUT2D eigenvalue weighted by molar-refractivity contribution is 6.31. The number of amides is 1. The van der Waals surface area contributed by atoms with E-state index in [0.29, 0.717) is 36.0 Å². The van der Waals surface area contributed by atoms with Gasteiger partial charge in [0.2, 0.25) is 5.91 Å². The van der Waals surface area contributed by atoms with Crippen molar-refractivity contribution in [1.29, 1.82) is 0 Å². The zero-order chi connectivity index (χ0) is 23.0. The smallest absolute Gasteiger partial charge is 0.387 e. The van der Waals surface area contributed by atoms with Crippen LogP contribution < -0.4 is 5.32 Å². The standard InChI is InChI=1S/C22H29ClF2N4O2/c1-5-8-17(19(31-22(24)25)11-15(23)6-2)26-16(7-3)13(4)21(30)27-20-12-18(28-29-20)14-9-10-14/h6-7,11-14,22H,5,8-10H2,1-4H3,(H2,27,28,29,30)/b15-6+,16-7-,19-11+,26-17-. The van der Waals surface area contributed by atoms with Gasteiger partial charge >= 0.3 is 6.61 Å². The van der Waals surface area contributed by atoms with Gasteiger partial charge in [0, 0.05) is 34.5 Å². The summed E-state index contributed by atoms with van der Waals surface area (Å²) >= 11 is 6.01. The Bertz CT molecular complexity index is 886. The molecule has 1 aromatic rings. The third kappa shape index (κ3) is 7.61. The number of alkyl halides is 2. The maximum absolute atomic E-state index is 13.0. The van der Waals surface area contributed by atoms with Crippen LogP contribution in [0.5, 0.6) is 0 Å². The molecule has 6 nitrogen and oxygen atoms in total. The largest absolute Gasteiger partial charge is 0.433 e. The number of hydrogen-bond donors (Lipinski definition) is 2. The molecule has 1 aliphatic rings. The molecular formula is C22H29ClF2N4O2. The minimum atomic E-state index is -3.02. The van der Waals surface area contributed by atoms with Crippen LogP contribution in [0, 0.1) is 5.92 Å². The monoisotopic (exact) mass is 454 g/mol. The molecule has 2 rings (SSSR count). The summed E-state index contributed by atoms with van der Waals surface area (Å²) in [6, 6.07) is 1.83. The molecule has 0 spiro atoms. The Labute approximate surface area is 186 Å². The molecule has 170 valence electrons. The number of nitrogens with zero attached hydrogens (tertiary/aromatic N) is 2. The van der Waals surface area contributed by atoms with Gasteiger partial charge in [-0.3, -0.25) is 14.9 Å².